The Morgan fingerprint density at radius 3 is 2.33 bits per heavy atom. The summed E-state index contributed by atoms with van der Waals surface area (Å²) in [5.74, 6) is -0.499. The molecule has 2 atom stereocenters. The van der Waals surface area contributed by atoms with Crippen LogP contribution < -0.4 is 10.9 Å². The molecular weight excluding hydrogens is 364 g/mol. The largest absolute Gasteiger partial charge is 0.273 e. The first-order valence-electron chi connectivity index (χ1n) is 5.44. The number of carbonyl (C=O) groups excluding carboxylic acids is 2. The van der Waals surface area contributed by atoms with Crippen LogP contribution in [0.25, 0.3) is 0 Å². The van der Waals surface area contributed by atoms with Crippen LogP contribution in [0.1, 0.15) is 23.7 Å². The van der Waals surface area contributed by atoms with E-state index in [1.165, 1.54) is 0 Å². The fourth-order valence-electron chi connectivity index (χ4n) is 1.48. The first-order valence-corrected chi connectivity index (χ1v) is 7.15. The van der Waals surface area contributed by atoms with E-state index in [0.717, 1.165) is 10.9 Å². The number of benzene rings is 1. The molecule has 1 aromatic rings. The molecule has 1 aliphatic carbocycles. The average Bonchev–Trinajstić information content (AvgIpc) is 2.96. The highest BCUT2D eigenvalue weighted by Gasteiger charge is 2.54. The van der Waals surface area contributed by atoms with Gasteiger partial charge in [0.15, 0.2) is 0 Å². The average molecular weight is 376 g/mol. The molecule has 2 N–H and O–H groups in total. The molecule has 0 aliphatic heterocycles. The minimum atomic E-state index is -0.410. The van der Waals surface area contributed by atoms with E-state index in [-0.39, 0.29) is 16.6 Å². The van der Waals surface area contributed by atoms with Crippen molar-refractivity contribution in [3.63, 3.8) is 0 Å². The van der Waals surface area contributed by atoms with Gasteiger partial charge in [-0.15, -0.1) is 0 Å². The maximum Gasteiger partial charge on any atom is 0.269 e. The van der Waals surface area contributed by atoms with Crippen molar-refractivity contribution < 1.29 is 9.59 Å². The second-order valence-electron chi connectivity index (χ2n) is 4.50. The van der Waals surface area contributed by atoms with E-state index in [9.17, 15) is 9.59 Å². The second kappa shape index (κ2) is 5.01. The van der Waals surface area contributed by atoms with Gasteiger partial charge in [-0.2, -0.15) is 0 Å². The van der Waals surface area contributed by atoms with E-state index >= 15 is 0 Å². The number of alkyl halides is 1. The zero-order valence-corrected chi connectivity index (χ0v) is 12.8. The van der Waals surface area contributed by atoms with Crippen LogP contribution in [-0.4, -0.2) is 16.6 Å². The summed E-state index contributed by atoms with van der Waals surface area (Å²) in [6.07, 6.45) is 0.785. The van der Waals surface area contributed by atoms with Crippen LogP contribution in [0.3, 0.4) is 0 Å². The van der Waals surface area contributed by atoms with Crippen LogP contribution in [0.15, 0.2) is 28.7 Å². The number of amides is 2. The fraction of sp³-hybridized carbons (Fsp3) is 0.333. The Morgan fingerprint density at radius 1 is 1.28 bits per heavy atom. The standard InChI is InChI=1S/C12H12Br2N2O2/c1-12(6-9(12)14)11(18)16-15-10(17)7-2-4-8(13)5-3-7/h2-5,9H,6H2,1H3,(H,15,17)(H,16,18)/t9-,12+/m0/s1. The maximum absolute atomic E-state index is 11.8. The molecule has 0 aromatic heterocycles. The molecule has 1 aromatic carbocycles. The summed E-state index contributed by atoms with van der Waals surface area (Å²) in [5, 5.41) is 0. The van der Waals surface area contributed by atoms with Gasteiger partial charge < -0.3 is 0 Å². The molecule has 1 aliphatic rings. The minimum absolute atomic E-state index is 0.171. The molecular formula is C12H12Br2N2O2. The molecule has 0 unspecified atom stereocenters. The Morgan fingerprint density at radius 2 is 1.83 bits per heavy atom. The third kappa shape index (κ3) is 2.75. The van der Waals surface area contributed by atoms with Crippen LogP contribution in [-0.2, 0) is 4.79 Å². The molecule has 18 heavy (non-hydrogen) atoms. The van der Waals surface area contributed by atoms with Crippen molar-refractivity contribution in [2.45, 2.75) is 18.2 Å². The Balaban J connectivity index is 1.89. The van der Waals surface area contributed by atoms with Gasteiger partial charge in [-0.1, -0.05) is 31.9 Å². The lowest BCUT2D eigenvalue weighted by Crippen LogP contribution is -2.45. The van der Waals surface area contributed by atoms with Crippen molar-refractivity contribution in [2.24, 2.45) is 5.41 Å². The van der Waals surface area contributed by atoms with Gasteiger partial charge in [0.2, 0.25) is 5.91 Å². The minimum Gasteiger partial charge on any atom is -0.273 e. The zero-order chi connectivity index (χ0) is 13.3. The van der Waals surface area contributed by atoms with E-state index in [4.69, 9.17) is 0 Å². The van der Waals surface area contributed by atoms with Crippen LogP contribution in [0.4, 0.5) is 0 Å². The number of nitrogens with one attached hydrogen (secondary N) is 2. The first-order chi connectivity index (χ1) is 8.43. The van der Waals surface area contributed by atoms with Gasteiger partial charge >= 0.3 is 0 Å². The van der Waals surface area contributed by atoms with E-state index in [1.807, 2.05) is 6.92 Å². The highest BCUT2D eigenvalue weighted by Crippen LogP contribution is 2.51. The van der Waals surface area contributed by atoms with Crippen LogP contribution in [0.5, 0.6) is 0 Å². The maximum atomic E-state index is 11.8. The van der Waals surface area contributed by atoms with E-state index in [0.29, 0.717) is 5.56 Å². The van der Waals surface area contributed by atoms with Crippen molar-refractivity contribution in [3.05, 3.63) is 34.3 Å². The topological polar surface area (TPSA) is 58.2 Å². The van der Waals surface area contributed by atoms with E-state index in [2.05, 4.69) is 42.7 Å². The molecule has 0 saturated heterocycles. The van der Waals surface area contributed by atoms with Crippen LogP contribution in [0.2, 0.25) is 0 Å². The quantitative estimate of drug-likeness (QED) is 0.615. The summed E-state index contributed by atoms with van der Waals surface area (Å²) in [4.78, 5) is 23.7. The number of halogens is 2. The summed E-state index contributed by atoms with van der Waals surface area (Å²) < 4.78 is 0.899. The molecule has 2 amide bonds. The summed E-state index contributed by atoms with van der Waals surface area (Å²) in [6, 6.07) is 6.90. The van der Waals surface area contributed by atoms with E-state index < -0.39 is 5.41 Å². The fourth-order valence-corrected chi connectivity index (χ4v) is 2.62. The normalized spacial score (nSPS) is 25.4. The molecule has 0 bridgehead atoms. The lowest BCUT2D eigenvalue weighted by molar-refractivity contribution is -0.126. The predicted octanol–water partition coefficient (Wildman–Crippen LogP) is 2.38. The van der Waals surface area contributed by atoms with Crippen molar-refractivity contribution in [1.29, 1.82) is 0 Å². The molecule has 0 heterocycles. The van der Waals surface area contributed by atoms with Gasteiger partial charge in [0.25, 0.3) is 5.91 Å². The Kier molecular flexibility index (Phi) is 3.77. The number of hydrogen-bond acceptors (Lipinski definition) is 2. The Labute approximate surface area is 122 Å². The van der Waals surface area contributed by atoms with Crippen molar-refractivity contribution >= 4 is 43.7 Å². The number of hydrogen-bond donors (Lipinski definition) is 2. The van der Waals surface area contributed by atoms with Crippen LogP contribution >= 0.6 is 31.9 Å². The highest BCUT2D eigenvalue weighted by molar-refractivity contribution is 9.10. The molecule has 2 rings (SSSR count). The van der Waals surface area contributed by atoms with Gasteiger partial charge in [-0.25, -0.2) is 0 Å². The SMILES string of the molecule is C[C@@]1(C(=O)NNC(=O)c2ccc(Br)cc2)C[C@@H]1Br. The van der Waals surface area contributed by atoms with Crippen molar-refractivity contribution in [1.82, 2.24) is 10.9 Å². The van der Waals surface area contributed by atoms with Crippen molar-refractivity contribution in [2.75, 3.05) is 0 Å². The molecule has 1 saturated carbocycles. The van der Waals surface area contributed by atoms with Crippen LogP contribution in [0, 0.1) is 5.41 Å². The molecule has 4 nitrogen and oxygen atoms in total. The van der Waals surface area contributed by atoms with Gasteiger partial charge in [0, 0.05) is 14.9 Å². The molecule has 0 radical (unpaired) electrons. The predicted molar refractivity (Wildman–Crippen MR) is 75.2 cm³/mol. The van der Waals surface area contributed by atoms with Gasteiger partial charge in [0.1, 0.15) is 0 Å². The summed E-state index contributed by atoms with van der Waals surface area (Å²) in [5.41, 5.74) is 4.94. The number of hydrazine groups is 1. The summed E-state index contributed by atoms with van der Waals surface area (Å²) in [7, 11) is 0. The van der Waals surface area contributed by atoms with Gasteiger partial charge in [-0.3, -0.25) is 20.4 Å². The summed E-state index contributed by atoms with van der Waals surface area (Å²) in [6.45, 7) is 1.85. The van der Waals surface area contributed by atoms with Crippen molar-refractivity contribution in [3.8, 4) is 0 Å². The Bertz CT molecular complexity index is 489. The third-order valence-corrected chi connectivity index (χ3v) is 4.91. The van der Waals surface area contributed by atoms with Gasteiger partial charge in [0.05, 0.1) is 5.41 Å². The monoisotopic (exact) mass is 374 g/mol. The molecule has 1 fully saturated rings. The second-order valence-corrected chi connectivity index (χ2v) is 6.53. The van der Waals surface area contributed by atoms with Gasteiger partial charge in [-0.05, 0) is 37.6 Å². The first kappa shape index (κ1) is 13.5. The molecule has 6 heteroatoms. The number of carbonyl (C=O) groups is 2. The molecule has 0 spiro atoms. The number of rotatable bonds is 2. The Hall–Kier alpha value is -0.880. The molecule has 96 valence electrons. The summed E-state index contributed by atoms with van der Waals surface area (Å²) >= 11 is 6.68. The third-order valence-electron chi connectivity index (χ3n) is 3.05. The van der Waals surface area contributed by atoms with E-state index in [1.54, 1.807) is 24.3 Å². The zero-order valence-electron chi connectivity index (χ0n) is 9.67. The smallest absolute Gasteiger partial charge is 0.269 e. The lowest BCUT2D eigenvalue weighted by atomic mass is 10.1. The highest BCUT2D eigenvalue weighted by atomic mass is 79.9. The lowest BCUT2D eigenvalue weighted by Gasteiger charge is -2.11.